The molecule has 1 amide bonds. The minimum atomic E-state index is -0.00489. The monoisotopic (exact) mass is 489 g/mol. The Hall–Kier alpha value is -3.19. The minimum absolute atomic E-state index is 0.00489. The fourth-order valence-corrected chi connectivity index (χ4v) is 5.23. The lowest BCUT2D eigenvalue weighted by atomic mass is 10.1. The number of benzene rings is 2. The van der Waals surface area contributed by atoms with E-state index in [1.807, 2.05) is 30.3 Å². The molecule has 0 spiro atoms. The number of methoxy groups -OCH3 is 1. The molecule has 0 saturated heterocycles. The molecule has 0 atom stereocenters. The summed E-state index contributed by atoms with van der Waals surface area (Å²) < 4.78 is 8.40. The first kappa shape index (κ1) is 22.6. The van der Waals surface area contributed by atoms with Crippen LogP contribution in [0.3, 0.4) is 0 Å². The molecule has 5 rings (SSSR count). The van der Waals surface area contributed by atoms with Crippen molar-refractivity contribution in [3.63, 3.8) is 0 Å². The summed E-state index contributed by atoms with van der Waals surface area (Å²) in [6.07, 6.45) is 3.06. The Morgan fingerprint density at radius 1 is 1.09 bits per heavy atom. The molecule has 0 saturated carbocycles. The van der Waals surface area contributed by atoms with Crippen molar-refractivity contribution in [2.45, 2.75) is 12.8 Å². The van der Waals surface area contributed by atoms with Gasteiger partial charge in [0, 0.05) is 52.0 Å². The highest BCUT2D eigenvalue weighted by Crippen LogP contribution is 2.35. The quantitative estimate of drug-likeness (QED) is 0.263. The number of rotatable bonds is 8. The van der Waals surface area contributed by atoms with E-state index in [1.165, 1.54) is 15.0 Å². The number of nitrogens with zero attached hydrogens (tertiary/aromatic N) is 2. The summed E-state index contributed by atoms with van der Waals surface area (Å²) in [5.41, 5.74) is 4.83. The van der Waals surface area contributed by atoms with Crippen molar-refractivity contribution >= 4 is 44.6 Å². The van der Waals surface area contributed by atoms with Gasteiger partial charge in [-0.1, -0.05) is 41.9 Å². The number of carbonyl (C=O) groups excluding carboxylic acids is 1. The predicted octanol–water partition coefficient (Wildman–Crippen LogP) is 6.23. The van der Waals surface area contributed by atoms with Crippen molar-refractivity contribution in [1.82, 2.24) is 14.7 Å². The molecule has 5 aromatic rings. The maximum absolute atomic E-state index is 12.4. The van der Waals surface area contributed by atoms with Crippen molar-refractivity contribution in [2.75, 3.05) is 20.3 Å². The molecular weight excluding hydrogens is 466 g/mol. The molecule has 0 fully saturated rings. The van der Waals surface area contributed by atoms with E-state index in [4.69, 9.17) is 21.3 Å². The van der Waals surface area contributed by atoms with Gasteiger partial charge in [0.1, 0.15) is 5.65 Å². The van der Waals surface area contributed by atoms with E-state index in [0.717, 1.165) is 28.2 Å². The number of imidazole rings is 1. The summed E-state index contributed by atoms with van der Waals surface area (Å²) in [7, 11) is 1.62. The van der Waals surface area contributed by atoms with E-state index < -0.39 is 0 Å². The number of fused-ring (bicyclic) bond motifs is 2. The van der Waals surface area contributed by atoms with Crippen LogP contribution in [0.4, 0.5) is 0 Å². The first-order valence-corrected chi connectivity index (χ1v) is 12.3. The Morgan fingerprint density at radius 2 is 1.88 bits per heavy atom. The first-order chi connectivity index (χ1) is 16.6. The number of halogens is 1. The second-order valence-electron chi connectivity index (χ2n) is 8.05. The Labute approximate surface area is 207 Å². The zero-order valence-corrected chi connectivity index (χ0v) is 20.3. The van der Waals surface area contributed by atoms with E-state index in [-0.39, 0.29) is 5.91 Å². The second-order valence-corrected chi connectivity index (χ2v) is 9.57. The highest BCUT2D eigenvalue weighted by molar-refractivity contribution is 7.22. The molecule has 7 heteroatoms. The van der Waals surface area contributed by atoms with Crippen LogP contribution in [0.5, 0.6) is 0 Å². The fraction of sp³-hybridized carbons (Fsp3) is 0.185. The molecule has 3 aromatic heterocycles. The van der Waals surface area contributed by atoms with Crippen LogP contribution < -0.4 is 5.32 Å². The van der Waals surface area contributed by atoms with Gasteiger partial charge < -0.3 is 14.5 Å². The molecule has 34 heavy (non-hydrogen) atoms. The zero-order chi connectivity index (χ0) is 23.5. The van der Waals surface area contributed by atoms with Crippen LogP contribution in [0.1, 0.15) is 12.1 Å². The molecule has 0 bridgehead atoms. The van der Waals surface area contributed by atoms with Crippen molar-refractivity contribution in [3.05, 3.63) is 83.6 Å². The normalized spacial score (nSPS) is 11.4. The zero-order valence-electron chi connectivity index (χ0n) is 18.8. The summed E-state index contributed by atoms with van der Waals surface area (Å²) in [5.74, 6) is -0.00489. The first-order valence-electron chi connectivity index (χ1n) is 11.1. The summed E-state index contributed by atoms with van der Waals surface area (Å²) >= 11 is 7.89. The number of pyridine rings is 1. The van der Waals surface area contributed by atoms with Crippen molar-refractivity contribution < 1.29 is 9.53 Å². The van der Waals surface area contributed by atoms with Crippen LogP contribution >= 0.6 is 22.9 Å². The Kier molecular flexibility index (Phi) is 6.63. The maximum atomic E-state index is 12.4. The van der Waals surface area contributed by atoms with Crippen LogP contribution in [0.2, 0.25) is 5.02 Å². The smallest absolute Gasteiger partial charge is 0.220 e. The number of hydrogen-bond donors (Lipinski definition) is 1. The van der Waals surface area contributed by atoms with Crippen molar-refractivity contribution in [1.29, 1.82) is 0 Å². The number of aryl methyl sites for hydroxylation is 1. The highest BCUT2D eigenvalue weighted by atomic mass is 35.5. The lowest BCUT2D eigenvalue weighted by Gasteiger charge is -2.08. The molecule has 2 aromatic carbocycles. The lowest BCUT2D eigenvalue weighted by molar-refractivity contribution is -0.121. The van der Waals surface area contributed by atoms with Crippen LogP contribution in [0.15, 0.2) is 72.9 Å². The molecule has 1 N–H and O–H groups in total. The van der Waals surface area contributed by atoms with E-state index in [2.05, 4.69) is 52.3 Å². The number of thiophene rings is 1. The van der Waals surface area contributed by atoms with Crippen LogP contribution in [-0.2, 0) is 16.0 Å². The predicted molar refractivity (Wildman–Crippen MR) is 140 cm³/mol. The van der Waals surface area contributed by atoms with Gasteiger partial charge in [-0.05, 0) is 48.2 Å². The van der Waals surface area contributed by atoms with Crippen molar-refractivity contribution in [2.24, 2.45) is 0 Å². The molecule has 0 aliphatic heterocycles. The Morgan fingerprint density at radius 3 is 2.68 bits per heavy atom. The number of nitrogens with one attached hydrogen (secondary N) is 1. The third-order valence-electron chi connectivity index (χ3n) is 5.76. The minimum Gasteiger partial charge on any atom is -0.383 e. The summed E-state index contributed by atoms with van der Waals surface area (Å²) in [4.78, 5) is 18.5. The van der Waals surface area contributed by atoms with Crippen LogP contribution in [0.25, 0.3) is 37.4 Å². The molecule has 5 nitrogen and oxygen atoms in total. The number of carbonyl (C=O) groups is 1. The lowest BCUT2D eigenvalue weighted by Crippen LogP contribution is -2.27. The van der Waals surface area contributed by atoms with Crippen molar-refractivity contribution in [3.8, 4) is 21.7 Å². The average molecular weight is 490 g/mol. The summed E-state index contributed by atoms with van der Waals surface area (Å²) in [6, 6.07) is 22.5. The topological polar surface area (TPSA) is 55.6 Å². The number of ether oxygens (including phenoxy) is 1. The molecule has 172 valence electrons. The molecule has 0 aliphatic carbocycles. The van der Waals surface area contributed by atoms with E-state index in [0.29, 0.717) is 31.0 Å². The van der Waals surface area contributed by atoms with Crippen LogP contribution in [0, 0.1) is 0 Å². The fourth-order valence-electron chi connectivity index (χ4n) is 4.05. The summed E-state index contributed by atoms with van der Waals surface area (Å²) in [6.45, 7) is 0.999. The van der Waals surface area contributed by atoms with Gasteiger partial charge in [-0.2, -0.15) is 0 Å². The van der Waals surface area contributed by atoms with Gasteiger partial charge in [-0.15, -0.1) is 11.3 Å². The second kappa shape index (κ2) is 9.97. The van der Waals surface area contributed by atoms with Gasteiger partial charge in [-0.25, -0.2) is 4.98 Å². The van der Waals surface area contributed by atoms with E-state index >= 15 is 0 Å². The van der Waals surface area contributed by atoms with Gasteiger partial charge in [0.2, 0.25) is 5.91 Å². The van der Waals surface area contributed by atoms with E-state index in [1.54, 1.807) is 18.4 Å². The highest BCUT2D eigenvalue weighted by Gasteiger charge is 2.17. The molecule has 0 aliphatic rings. The van der Waals surface area contributed by atoms with Gasteiger partial charge in [-0.3, -0.25) is 4.79 Å². The van der Waals surface area contributed by atoms with Gasteiger partial charge in [0.15, 0.2) is 0 Å². The average Bonchev–Trinajstić information content (AvgIpc) is 3.44. The summed E-state index contributed by atoms with van der Waals surface area (Å²) in [5, 5.41) is 4.82. The third kappa shape index (κ3) is 4.71. The number of amides is 1. The van der Waals surface area contributed by atoms with Gasteiger partial charge in [0.05, 0.1) is 18.0 Å². The molecule has 0 unspecified atom stereocenters. The largest absolute Gasteiger partial charge is 0.383 e. The standard InChI is InChI=1S/C27H24ClN3O2S/c1-33-15-14-29-26(32)13-11-22-27(18-6-9-21(28)10-7-18)30-25-12-8-20(17-31(22)25)24-16-19-4-2-3-5-23(19)34-24/h2-10,12,16-17H,11,13-15H2,1H3,(H,29,32). The van der Waals surface area contributed by atoms with Gasteiger partial charge in [0.25, 0.3) is 0 Å². The molecule has 3 heterocycles. The third-order valence-corrected chi connectivity index (χ3v) is 7.18. The molecular formula is C27H24ClN3O2S. The molecule has 0 radical (unpaired) electrons. The van der Waals surface area contributed by atoms with Crippen LogP contribution in [-0.4, -0.2) is 35.6 Å². The Balaban J connectivity index is 1.54. The van der Waals surface area contributed by atoms with Gasteiger partial charge >= 0.3 is 0 Å². The number of aromatic nitrogens is 2. The van der Waals surface area contributed by atoms with E-state index in [9.17, 15) is 4.79 Å². The number of hydrogen-bond acceptors (Lipinski definition) is 4. The maximum Gasteiger partial charge on any atom is 0.220 e. The SMILES string of the molecule is COCCNC(=O)CCc1c(-c2ccc(Cl)cc2)nc2ccc(-c3cc4ccccc4s3)cn12. The Bertz CT molecular complexity index is 1420.